The van der Waals surface area contributed by atoms with Crippen LogP contribution in [0, 0.1) is 0 Å². The molecule has 0 aliphatic rings. The second-order valence-corrected chi connectivity index (χ2v) is 23.0. The van der Waals surface area contributed by atoms with Crippen LogP contribution in [0.1, 0.15) is 309 Å². The maximum atomic E-state index is 12.9. The lowest BCUT2D eigenvalue weighted by molar-refractivity contribution is -0.870. The van der Waals surface area contributed by atoms with Crippen LogP contribution < -0.4 is 5.11 Å². The Hall–Kier alpha value is -2.49. The van der Waals surface area contributed by atoms with Crippen LogP contribution in [0.4, 0.5) is 0 Å². The number of carboxylic acids is 1. The standard InChI is InChI=1S/C66H123NO8/c1-6-8-10-12-14-16-18-20-22-24-26-28-30-31-32-33-35-37-39-41-43-45-47-49-51-53-55-57-64(69)75-62(61-74-66(65(70)71)72-59-58-67(3,4)5)60-73-63(68)56-54-52-50-48-46-44-42-40-38-36-34-29-27-25-23-21-19-17-15-13-11-9-7-2/h18,20,24-27,62,66H,6-17,19,21-23,28-61H2,1-5H3/b20-18-,26-24-,27-25-. The van der Waals surface area contributed by atoms with Crippen molar-refractivity contribution in [2.75, 3.05) is 47.5 Å². The molecule has 0 rings (SSSR count). The topological polar surface area (TPSA) is 111 Å². The molecule has 0 saturated carbocycles. The van der Waals surface area contributed by atoms with E-state index in [-0.39, 0.29) is 32.2 Å². The van der Waals surface area contributed by atoms with E-state index in [2.05, 4.69) is 50.3 Å². The number of carboxylic acid groups (broad SMARTS) is 1. The van der Waals surface area contributed by atoms with Gasteiger partial charge in [-0.15, -0.1) is 0 Å². The average molecular weight is 1060 g/mol. The molecule has 0 aromatic rings. The summed E-state index contributed by atoms with van der Waals surface area (Å²) in [6, 6.07) is 0. The predicted molar refractivity (Wildman–Crippen MR) is 316 cm³/mol. The summed E-state index contributed by atoms with van der Waals surface area (Å²) in [5, 5.41) is 11.8. The van der Waals surface area contributed by atoms with E-state index in [1.165, 1.54) is 238 Å². The minimum Gasteiger partial charge on any atom is -0.545 e. The zero-order chi connectivity index (χ0) is 54.8. The SMILES string of the molecule is CCCCCCC/C=C\C/C=C\CCCCCCCCCCCCCCCCCC(=O)OC(COC(=O)CCCCCCCCCCCCC/C=C\CCCCCCCCCC)COC(OCC[N+](C)(C)C)C(=O)[O-]. The van der Waals surface area contributed by atoms with Gasteiger partial charge in [-0.1, -0.05) is 262 Å². The molecule has 2 unspecified atom stereocenters. The zero-order valence-corrected chi connectivity index (χ0v) is 50.2. The number of allylic oxidation sites excluding steroid dienone is 6. The van der Waals surface area contributed by atoms with E-state index in [9.17, 15) is 19.5 Å². The van der Waals surface area contributed by atoms with Crippen molar-refractivity contribution in [3.05, 3.63) is 36.5 Å². The molecule has 440 valence electrons. The molecule has 0 amide bonds. The van der Waals surface area contributed by atoms with Crippen molar-refractivity contribution in [1.82, 2.24) is 0 Å². The number of hydrogen-bond acceptors (Lipinski definition) is 8. The van der Waals surface area contributed by atoms with Crippen molar-refractivity contribution < 1.29 is 42.9 Å². The van der Waals surface area contributed by atoms with Crippen molar-refractivity contribution in [3.8, 4) is 0 Å². The first-order valence-electron chi connectivity index (χ1n) is 32.1. The summed E-state index contributed by atoms with van der Waals surface area (Å²) in [5.41, 5.74) is 0. The van der Waals surface area contributed by atoms with Gasteiger partial charge in [0.25, 0.3) is 0 Å². The molecular formula is C66H123NO8. The van der Waals surface area contributed by atoms with Crippen LogP contribution in [0.5, 0.6) is 0 Å². The molecule has 0 heterocycles. The fourth-order valence-electron chi connectivity index (χ4n) is 9.39. The highest BCUT2D eigenvalue weighted by Crippen LogP contribution is 2.17. The van der Waals surface area contributed by atoms with Gasteiger partial charge in [-0.3, -0.25) is 9.59 Å². The first kappa shape index (κ1) is 72.5. The van der Waals surface area contributed by atoms with Crippen LogP contribution in [0.25, 0.3) is 0 Å². The van der Waals surface area contributed by atoms with Gasteiger partial charge in [-0.05, 0) is 70.6 Å². The zero-order valence-electron chi connectivity index (χ0n) is 50.2. The summed E-state index contributed by atoms with van der Waals surface area (Å²) < 4.78 is 22.8. The van der Waals surface area contributed by atoms with Crippen LogP contribution in [-0.2, 0) is 33.3 Å². The third-order valence-corrected chi connectivity index (χ3v) is 14.4. The lowest BCUT2D eigenvalue weighted by atomic mass is 10.0. The molecule has 0 bridgehead atoms. The van der Waals surface area contributed by atoms with Crippen LogP contribution in [0.2, 0.25) is 0 Å². The van der Waals surface area contributed by atoms with E-state index in [1.807, 2.05) is 21.1 Å². The van der Waals surface area contributed by atoms with Crippen molar-refractivity contribution in [3.63, 3.8) is 0 Å². The Kier molecular flexibility index (Phi) is 55.8. The molecule has 0 radical (unpaired) electrons. The summed E-state index contributed by atoms with van der Waals surface area (Å²) in [4.78, 5) is 37.4. The minimum atomic E-state index is -1.62. The maximum Gasteiger partial charge on any atom is 0.306 e. The van der Waals surface area contributed by atoms with Gasteiger partial charge < -0.3 is 33.3 Å². The Morgan fingerprint density at radius 1 is 0.400 bits per heavy atom. The Morgan fingerprint density at radius 2 is 0.720 bits per heavy atom. The van der Waals surface area contributed by atoms with Gasteiger partial charge in [-0.2, -0.15) is 0 Å². The molecule has 9 nitrogen and oxygen atoms in total. The highest BCUT2D eigenvalue weighted by molar-refractivity contribution is 5.70. The highest BCUT2D eigenvalue weighted by atomic mass is 16.7. The summed E-state index contributed by atoms with van der Waals surface area (Å²) in [7, 11) is 5.93. The van der Waals surface area contributed by atoms with Crippen LogP contribution in [0.3, 0.4) is 0 Å². The van der Waals surface area contributed by atoms with E-state index in [0.29, 0.717) is 23.9 Å². The van der Waals surface area contributed by atoms with Gasteiger partial charge >= 0.3 is 11.9 Å². The van der Waals surface area contributed by atoms with Gasteiger partial charge in [-0.25, -0.2) is 0 Å². The number of hydrogen-bond donors (Lipinski definition) is 0. The number of quaternary nitrogens is 1. The number of likely N-dealkylation sites (N-methyl/N-ethyl adjacent to an activating group) is 1. The molecule has 0 fully saturated rings. The number of rotatable bonds is 60. The lowest BCUT2D eigenvalue weighted by Crippen LogP contribution is -2.44. The first-order valence-corrected chi connectivity index (χ1v) is 32.1. The van der Waals surface area contributed by atoms with Gasteiger partial charge in [0.15, 0.2) is 12.4 Å². The molecule has 9 heteroatoms. The van der Waals surface area contributed by atoms with E-state index >= 15 is 0 Å². The normalized spacial score (nSPS) is 12.9. The first-order chi connectivity index (χ1) is 36.6. The maximum absolute atomic E-state index is 12.9. The molecule has 0 saturated heterocycles. The largest absolute Gasteiger partial charge is 0.545 e. The fourth-order valence-corrected chi connectivity index (χ4v) is 9.39. The summed E-state index contributed by atoms with van der Waals surface area (Å²) >= 11 is 0. The van der Waals surface area contributed by atoms with Gasteiger partial charge in [0.2, 0.25) is 0 Å². The number of ether oxygens (including phenoxy) is 4. The van der Waals surface area contributed by atoms with Crippen molar-refractivity contribution in [1.29, 1.82) is 0 Å². The summed E-state index contributed by atoms with van der Waals surface area (Å²) in [6.07, 6.45) is 67.7. The second-order valence-electron chi connectivity index (χ2n) is 23.0. The van der Waals surface area contributed by atoms with Crippen LogP contribution >= 0.6 is 0 Å². The molecule has 0 N–H and O–H groups in total. The van der Waals surface area contributed by atoms with Crippen LogP contribution in [0.15, 0.2) is 36.5 Å². The molecule has 0 aliphatic carbocycles. The Morgan fingerprint density at radius 3 is 1.07 bits per heavy atom. The monoisotopic (exact) mass is 1060 g/mol. The molecule has 0 aliphatic heterocycles. The molecule has 75 heavy (non-hydrogen) atoms. The third-order valence-electron chi connectivity index (χ3n) is 14.4. The minimum absolute atomic E-state index is 0.149. The number of aliphatic carboxylic acids is 1. The van der Waals surface area contributed by atoms with E-state index in [0.717, 1.165) is 38.5 Å². The van der Waals surface area contributed by atoms with E-state index in [4.69, 9.17) is 18.9 Å². The number of carbonyl (C=O) groups excluding carboxylic acids is 3. The number of carbonyl (C=O) groups is 3. The number of unbranched alkanes of at least 4 members (excludes halogenated alkanes) is 39. The van der Waals surface area contributed by atoms with Gasteiger partial charge in [0.1, 0.15) is 13.2 Å². The number of esters is 2. The van der Waals surface area contributed by atoms with E-state index < -0.39 is 24.3 Å². The molecular weight excluding hydrogens is 935 g/mol. The summed E-state index contributed by atoms with van der Waals surface area (Å²) in [6.45, 7) is 4.79. The molecule has 0 aromatic carbocycles. The van der Waals surface area contributed by atoms with Crippen molar-refractivity contribution in [2.24, 2.45) is 0 Å². The predicted octanol–water partition coefficient (Wildman–Crippen LogP) is 17.9. The quantitative estimate of drug-likeness (QED) is 0.0195. The average Bonchev–Trinajstić information content (AvgIpc) is 3.38. The molecule has 0 spiro atoms. The Balaban J connectivity index is 4.15. The second kappa shape index (κ2) is 57.7. The highest BCUT2D eigenvalue weighted by Gasteiger charge is 2.22. The fraction of sp³-hybridized carbons (Fsp3) is 0.864. The molecule has 0 aromatic heterocycles. The third kappa shape index (κ3) is 59.0. The van der Waals surface area contributed by atoms with E-state index in [1.54, 1.807) is 0 Å². The smallest absolute Gasteiger partial charge is 0.306 e. The van der Waals surface area contributed by atoms with Crippen molar-refractivity contribution >= 4 is 17.9 Å². The molecule has 2 atom stereocenters. The van der Waals surface area contributed by atoms with Gasteiger partial charge in [0, 0.05) is 12.8 Å². The van der Waals surface area contributed by atoms with Gasteiger partial charge in [0.05, 0.1) is 40.3 Å². The van der Waals surface area contributed by atoms with Crippen molar-refractivity contribution in [2.45, 2.75) is 322 Å². The number of nitrogens with zero attached hydrogens (tertiary/aromatic N) is 1. The Labute approximate surface area is 464 Å². The van der Waals surface area contributed by atoms with Crippen LogP contribution in [-0.4, -0.2) is 82.3 Å². The Bertz CT molecular complexity index is 1320. The lowest BCUT2D eigenvalue weighted by Gasteiger charge is -2.26. The summed E-state index contributed by atoms with van der Waals surface area (Å²) in [5.74, 6) is -2.26.